The molecular formula is C17H19N5O. The second kappa shape index (κ2) is 6.48. The number of nitrogens with one attached hydrogen (secondary N) is 3. The Morgan fingerprint density at radius 2 is 2.09 bits per heavy atom. The molecule has 3 N–H and O–H groups in total. The number of hydrogen-bond acceptors (Lipinski definition) is 4. The quantitative estimate of drug-likeness (QED) is 0.675. The third-order valence-electron chi connectivity index (χ3n) is 3.83. The summed E-state index contributed by atoms with van der Waals surface area (Å²) >= 11 is 0. The van der Waals surface area contributed by atoms with Crippen molar-refractivity contribution in [1.29, 1.82) is 0 Å². The van der Waals surface area contributed by atoms with E-state index < -0.39 is 0 Å². The number of amides is 1. The van der Waals surface area contributed by atoms with Crippen LogP contribution >= 0.6 is 0 Å². The molecule has 0 atom stereocenters. The van der Waals surface area contributed by atoms with Crippen LogP contribution in [0.3, 0.4) is 0 Å². The van der Waals surface area contributed by atoms with Crippen LogP contribution in [0, 0.1) is 6.92 Å². The number of H-pyrrole nitrogens is 1. The molecular weight excluding hydrogens is 290 g/mol. The van der Waals surface area contributed by atoms with Crippen LogP contribution in [-0.4, -0.2) is 34.7 Å². The van der Waals surface area contributed by atoms with Crippen molar-refractivity contribution in [3.8, 4) is 0 Å². The second-order valence-corrected chi connectivity index (χ2v) is 5.37. The average Bonchev–Trinajstić information content (AvgIpc) is 2.99. The fraction of sp³-hybridized carbons (Fsp3) is 0.235. The van der Waals surface area contributed by atoms with Crippen molar-refractivity contribution < 1.29 is 4.79 Å². The van der Waals surface area contributed by atoms with Gasteiger partial charge in [0.25, 0.3) is 5.91 Å². The first-order chi connectivity index (χ1) is 11.2. The largest absolute Gasteiger partial charge is 0.368 e. The number of benzene rings is 1. The fourth-order valence-electron chi connectivity index (χ4n) is 2.57. The van der Waals surface area contributed by atoms with E-state index in [1.54, 1.807) is 19.2 Å². The highest BCUT2D eigenvalue weighted by atomic mass is 16.1. The van der Waals surface area contributed by atoms with Gasteiger partial charge in [0.05, 0.1) is 0 Å². The summed E-state index contributed by atoms with van der Waals surface area (Å²) in [4.78, 5) is 14.7. The van der Waals surface area contributed by atoms with E-state index in [-0.39, 0.29) is 5.91 Å². The lowest BCUT2D eigenvalue weighted by atomic mass is 10.1. The zero-order valence-corrected chi connectivity index (χ0v) is 13.2. The molecule has 6 heteroatoms. The highest BCUT2D eigenvalue weighted by Crippen LogP contribution is 2.21. The maximum Gasteiger partial charge on any atom is 0.271 e. The molecule has 1 aromatic carbocycles. The molecule has 2 heterocycles. The molecule has 0 fully saturated rings. The maximum atomic E-state index is 11.4. The van der Waals surface area contributed by atoms with Gasteiger partial charge in [0.1, 0.15) is 5.82 Å². The number of aryl methyl sites for hydroxylation is 1. The number of hydrogen-bond donors (Lipinski definition) is 3. The van der Waals surface area contributed by atoms with Crippen molar-refractivity contribution in [2.24, 2.45) is 0 Å². The highest BCUT2D eigenvalue weighted by molar-refractivity contribution is 5.91. The van der Waals surface area contributed by atoms with Crippen LogP contribution in [0.15, 0.2) is 36.5 Å². The van der Waals surface area contributed by atoms with Crippen molar-refractivity contribution in [2.75, 3.05) is 18.9 Å². The van der Waals surface area contributed by atoms with Gasteiger partial charge in [-0.3, -0.25) is 4.79 Å². The minimum Gasteiger partial charge on any atom is -0.368 e. The third-order valence-corrected chi connectivity index (χ3v) is 3.83. The van der Waals surface area contributed by atoms with E-state index in [2.05, 4.69) is 57.1 Å². The normalized spacial score (nSPS) is 10.7. The smallest absolute Gasteiger partial charge is 0.271 e. The summed E-state index contributed by atoms with van der Waals surface area (Å²) in [6.07, 6.45) is 2.93. The summed E-state index contributed by atoms with van der Waals surface area (Å²) in [7, 11) is 1.57. The molecule has 2 aromatic heterocycles. The Labute approximate surface area is 134 Å². The summed E-state index contributed by atoms with van der Waals surface area (Å²) in [5.74, 6) is 0.423. The van der Waals surface area contributed by atoms with Crippen molar-refractivity contribution >= 4 is 22.6 Å². The van der Waals surface area contributed by atoms with Crippen molar-refractivity contribution in [1.82, 2.24) is 20.5 Å². The number of nitrogens with zero attached hydrogens (tertiary/aromatic N) is 2. The number of rotatable bonds is 5. The Morgan fingerprint density at radius 3 is 2.83 bits per heavy atom. The molecule has 1 amide bonds. The van der Waals surface area contributed by atoms with Gasteiger partial charge in [-0.2, -0.15) is 0 Å². The van der Waals surface area contributed by atoms with Gasteiger partial charge >= 0.3 is 0 Å². The highest BCUT2D eigenvalue weighted by Gasteiger charge is 2.07. The van der Waals surface area contributed by atoms with Gasteiger partial charge in [0, 0.05) is 30.7 Å². The van der Waals surface area contributed by atoms with Crippen molar-refractivity contribution in [2.45, 2.75) is 13.3 Å². The van der Waals surface area contributed by atoms with Crippen LogP contribution in [0.1, 0.15) is 21.6 Å². The van der Waals surface area contributed by atoms with Crippen LogP contribution in [0.5, 0.6) is 0 Å². The second-order valence-electron chi connectivity index (χ2n) is 5.37. The Morgan fingerprint density at radius 1 is 1.22 bits per heavy atom. The minimum atomic E-state index is -0.238. The van der Waals surface area contributed by atoms with Gasteiger partial charge in [-0.15, -0.1) is 10.2 Å². The number of anilines is 1. The van der Waals surface area contributed by atoms with Gasteiger partial charge in [0.2, 0.25) is 0 Å². The molecule has 0 radical (unpaired) electrons. The molecule has 0 spiro atoms. The molecule has 0 unspecified atom stereocenters. The molecule has 0 bridgehead atoms. The molecule has 0 aliphatic heterocycles. The van der Waals surface area contributed by atoms with Crippen molar-refractivity contribution in [3.63, 3.8) is 0 Å². The standard InChI is InChI=1S/C17H19N5O/c1-11-4-3-5-13-12(10-20-16(11)13)8-9-19-15-7-6-14(21-22-15)17(23)18-2/h3-7,10,20H,8-9H2,1-2H3,(H,18,23)(H,19,22). The summed E-state index contributed by atoms with van der Waals surface area (Å²) in [5.41, 5.74) is 4.02. The lowest BCUT2D eigenvalue weighted by Crippen LogP contribution is -2.19. The molecule has 3 aromatic rings. The molecule has 3 rings (SSSR count). The summed E-state index contributed by atoms with van der Waals surface area (Å²) in [6.45, 7) is 2.85. The van der Waals surface area contributed by atoms with E-state index in [9.17, 15) is 4.79 Å². The average molecular weight is 309 g/mol. The van der Waals surface area contributed by atoms with Gasteiger partial charge in [-0.25, -0.2) is 0 Å². The minimum absolute atomic E-state index is 0.238. The lowest BCUT2D eigenvalue weighted by Gasteiger charge is -2.05. The van der Waals surface area contributed by atoms with E-state index in [1.165, 1.54) is 22.0 Å². The first-order valence-electron chi connectivity index (χ1n) is 7.54. The van der Waals surface area contributed by atoms with Gasteiger partial charge in [-0.05, 0) is 36.6 Å². The Balaban J connectivity index is 1.62. The SMILES string of the molecule is CNC(=O)c1ccc(NCCc2c[nH]c3c(C)cccc23)nn1. The predicted octanol–water partition coefficient (Wildman–Crippen LogP) is 2.28. The van der Waals surface area contributed by atoms with Crippen LogP contribution < -0.4 is 10.6 Å². The number of carbonyl (C=O) groups excluding carboxylic acids is 1. The molecule has 6 nitrogen and oxygen atoms in total. The lowest BCUT2D eigenvalue weighted by molar-refractivity contribution is 0.0957. The summed E-state index contributed by atoms with van der Waals surface area (Å²) in [5, 5.41) is 14.9. The number of para-hydroxylation sites is 1. The number of fused-ring (bicyclic) bond motifs is 1. The maximum absolute atomic E-state index is 11.4. The molecule has 0 aliphatic carbocycles. The Bertz CT molecular complexity index is 823. The van der Waals surface area contributed by atoms with E-state index in [0.717, 1.165) is 13.0 Å². The topological polar surface area (TPSA) is 82.7 Å². The van der Waals surface area contributed by atoms with Gasteiger partial charge in [0.15, 0.2) is 5.69 Å². The van der Waals surface area contributed by atoms with Crippen LogP contribution in [0.25, 0.3) is 10.9 Å². The first kappa shape index (κ1) is 15.0. The summed E-state index contributed by atoms with van der Waals surface area (Å²) in [6, 6.07) is 9.72. The Hall–Kier alpha value is -2.89. The van der Waals surface area contributed by atoms with E-state index in [4.69, 9.17) is 0 Å². The zero-order valence-electron chi connectivity index (χ0n) is 13.2. The molecule has 0 saturated heterocycles. The van der Waals surface area contributed by atoms with E-state index in [0.29, 0.717) is 11.5 Å². The first-order valence-corrected chi connectivity index (χ1v) is 7.54. The molecule has 0 aliphatic rings. The molecule has 0 saturated carbocycles. The third kappa shape index (κ3) is 3.15. The van der Waals surface area contributed by atoms with Crippen LogP contribution in [0.2, 0.25) is 0 Å². The zero-order chi connectivity index (χ0) is 16.2. The van der Waals surface area contributed by atoms with E-state index in [1.807, 2.05) is 0 Å². The van der Waals surface area contributed by atoms with Gasteiger partial charge in [-0.1, -0.05) is 18.2 Å². The molecule has 23 heavy (non-hydrogen) atoms. The summed E-state index contributed by atoms with van der Waals surface area (Å²) < 4.78 is 0. The molecule has 118 valence electrons. The predicted molar refractivity (Wildman–Crippen MR) is 90.7 cm³/mol. The van der Waals surface area contributed by atoms with Crippen molar-refractivity contribution in [3.05, 3.63) is 53.3 Å². The van der Waals surface area contributed by atoms with E-state index >= 15 is 0 Å². The number of carbonyl (C=O) groups is 1. The van der Waals surface area contributed by atoms with Crippen LogP contribution in [0.4, 0.5) is 5.82 Å². The van der Waals surface area contributed by atoms with Gasteiger partial charge < -0.3 is 15.6 Å². The number of aromatic amines is 1. The fourth-order valence-corrected chi connectivity index (χ4v) is 2.57. The monoisotopic (exact) mass is 309 g/mol. The Kier molecular flexibility index (Phi) is 4.23. The van der Waals surface area contributed by atoms with Crippen LogP contribution in [-0.2, 0) is 6.42 Å². The number of aromatic nitrogens is 3.